The van der Waals surface area contributed by atoms with E-state index in [4.69, 9.17) is 0 Å². The maximum Gasteiger partial charge on any atom is 0.243 e. The Bertz CT molecular complexity index is 722. The van der Waals surface area contributed by atoms with Crippen LogP contribution in [-0.2, 0) is 10.0 Å². The molecule has 1 unspecified atom stereocenters. The number of nitrogens with zero attached hydrogens (tertiary/aromatic N) is 1. The van der Waals surface area contributed by atoms with Gasteiger partial charge in [0.05, 0.1) is 4.90 Å². The minimum Gasteiger partial charge on any atom is -0.207 e. The fraction of sp³-hybridized carbons (Fsp3) is 0.333. The van der Waals surface area contributed by atoms with Gasteiger partial charge < -0.3 is 0 Å². The van der Waals surface area contributed by atoms with Gasteiger partial charge in [0.1, 0.15) is 0 Å². The molecule has 1 atom stereocenters. The molecule has 5 heteroatoms. The topological polar surface area (TPSA) is 37.4 Å². The predicted octanol–water partition coefficient (Wildman–Crippen LogP) is 2.97. The van der Waals surface area contributed by atoms with E-state index in [0.717, 1.165) is 16.5 Å². The quantitative estimate of drug-likeness (QED) is 0.856. The normalized spacial score (nSPS) is 21.1. The van der Waals surface area contributed by atoms with Gasteiger partial charge in [0.25, 0.3) is 0 Å². The van der Waals surface area contributed by atoms with Crippen molar-refractivity contribution in [1.82, 2.24) is 4.31 Å². The van der Waals surface area contributed by atoms with Crippen LogP contribution < -0.4 is 0 Å². The van der Waals surface area contributed by atoms with E-state index in [0.29, 0.717) is 23.2 Å². The van der Waals surface area contributed by atoms with E-state index in [1.807, 2.05) is 48.2 Å². The first kappa shape index (κ1) is 13.9. The summed E-state index contributed by atoms with van der Waals surface area (Å²) in [6.07, 6.45) is 0. The van der Waals surface area contributed by atoms with Crippen molar-refractivity contribution in [2.24, 2.45) is 0 Å². The second-order valence-electron chi connectivity index (χ2n) is 5.02. The zero-order valence-electron chi connectivity index (χ0n) is 11.3. The van der Waals surface area contributed by atoms with Gasteiger partial charge in [0.2, 0.25) is 10.0 Å². The fourth-order valence-electron chi connectivity index (χ4n) is 2.56. The number of thioether (sulfide) groups is 1. The van der Waals surface area contributed by atoms with Crippen molar-refractivity contribution in [3.8, 4) is 0 Å². The van der Waals surface area contributed by atoms with Gasteiger partial charge in [0, 0.05) is 29.5 Å². The van der Waals surface area contributed by atoms with Crippen LogP contribution in [-0.4, -0.2) is 36.8 Å². The number of hydrogen-bond donors (Lipinski definition) is 0. The molecular formula is C15H17NO2S2. The number of hydrogen-bond acceptors (Lipinski definition) is 3. The predicted molar refractivity (Wildman–Crippen MR) is 84.6 cm³/mol. The summed E-state index contributed by atoms with van der Waals surface area (Å²) in [4.78, 5) is 0.426. The van der Waals surface area contributed by atoms with Gasteiger partial charge in [-0.2, -0.15) is 16.1 Å². The van der Waals surface area contributed by atoms with Gasteiger partial charge in [-0.05, 0) is 11.5 Å². The highest BCUT2D eigenvalue weighted by Gasteiger charge is 2.29. The maximum absolute atomic E-state index is 12.9. The summed E-state index contributed by atoms with van der Waals surface area (Å²) < 4.78 is 27.3. The van der Waals surface area contributed by atoms with Crippen LogP contribution in [0.5, 0.6) is 0 Å². The Kier molecular flexibility index (Phi) is 3.75. The third-order valence-electron chi connectivity index (χ3n) is 3.57. The fourth-order valence-corrected chi connectivity index (χ4v) is 5.53. The summed E-state index contributed by atoms with van der Waals surface area (Å²) in [5, 5.41) is 2.13. The van der Waals surface area contributed by atoms with Gasteiger partial charge in [-0.25, -0.2) is 8.42 Å². The summed E-state index contributed by atoms with van der Waals surface area (Å²) in [5.74, 6) is 0.866. The smallest absolute Gasteiger partial charge is 0.207 e. The third kappa shape index (κ3) is 2.45. The van der Waals surface area contributed by atoms with Crippen LogP contribution in [0.15, 0.2) is 47.4 Å². The lowest BCUT2D eigenvalue weighted by Crippen LogP contribution is -2.40. The summed E-state index contributed by atoms with van der Waals surface area (Å²) in [5.41, 5.74) is 0. The molecule has 1 fully saturated rings. The lowest BCUT2D eigenvalue weighted by molar-refractivity contribution is 0.425. The number of benzene rings is 2. The molecule has 0 saturated carbocycles. The van der Waals surface area contributed by atoms with Crippen molar-refractivity contribution < 1.29 is 8.42 Å². The van der Waals surface area contributed by atoms with Gasteiger partial charge in [-0.15, -0.1) is 0 Å². The Hall–Kier alpha value is -1.04. The van der Waals surface area contributed by atoms with Crippen LogP contribution >= 0.6 is 11.8 Å². The Morgan fingerprint density at radius 3 is 2.70 bits per heavy atom. The molecule has 3 nitrogen and oxygen atoms in total. The van der Waals surface area contributed by atoms with Crippen LogP contribution in [0.4, 0.5) is 0 Å². The first-order chi connectivity index (χ1) is 9.59. The van der Waals surface area contributed by atoms with Crippen molar-refractivity contribution in [2.75, 3.05) is 18.8 Å². The second-order valence-corrected chi connectivity index (χ2v) is 8.47. The van der Waals surface area contributed by atoms with Crippen molar-refractivity contribution in [3.05, 3.63) is 42.5 Å². The average Bonchev–Trinajstić information content (AvgIpc) is 2.46. The van der Waals surface area contributed by atoms with Gasteiger partial charge in [-0.3, -0.25) is 0 Å². The second kappa shape index (κ2) is 5.39. The third-order valence-corrected chi connectivity index (χ3v) is 6.63. The monoisotopic (exact) mass is 307 g/mol. The van der Waals surface area contributed by atoms with Gasteiger partial charge in [-0.1, -0.05) is 43.3 Å². The molecule has 0 bridgehead atoms. The zero-order chi connectivity index (χ0) is 14.2. The Morgan fingerprint density at radius 1 is 1.15 bits per heavy atom. The first-order valence-electron chi connectivity index (χ1n) is 6.68. The maximum atomic E-state index is 12.9. The minimum absolute atomic E-state index is 0.355. The minimum atomic E-state index is -3.40. The van der Waals surface area contributed by atoms with Crippen molar-refractivity contribution in [3.63, 3.8) is 0 Å². The zero-order valence-corrected chi connectivity index (χ0v) is 13.0. The van der Waals surface area contributed by atoms with E-state index in [9.17, 15) is 8.42 Å². The molecule has 1 aliphatic rings. The van der Waals surface area contributed by atoms with Gasteiger partial charge >= 0.3 is 0 Å². The van der Waals surface area contributed by atoms with Crippen LogP contribution in [0.25, 0.3) is 10.8 Å². The molecule has 0 spiro atoms. The highest BCUT2D eigenvalue weighted by molar-refractivity contribution is 8.00. The van der Waals surface area contributed by atoms with E-state index in [-0.39, 0.29) is 0 Å². The Balaban J connectivity index is 2.09. The molecule has 0 radical (unpaired) electrons. The molecule has 1 aliphatic heterocycles. The lowest BCUT2D eigenvalue weighted by atomic mass is 10.1. The van der Waals surface area contributed by atoms with Crippen LogP contribution in [0.2, 0.25) is 0 Å². The molecule has 0 aromatic heterocycles. The van der Waals surface area contributed by atoms with Crippen molar-refractivity contribution >= 4 is 32.6 Å². The molecule has 0 aliphatic carbocycles. The standard InChI is InChI=1S/C15H17NO2S2/c1-12-11-16(9-10-19-12)20(17,18)15-8-4-6-13-5-2-3-7-14(13)15/h2-8,12H,9-11H2,1H3. The van der Waals surface area contributed by atoms with E-state index in [2.05, 4.69) is 6.92 Å². The first-order valence-corrected chi connectivity index (χ1v) is 9.17. The van der Waals surface area contributed by atoms with Crippen molar-refractivity contribution in [2.45, 2.75) is 17.1 Å². The SMILES string of the molecule is CC1CN(S(=O)(=O)c2cccc3ccccc23)CCS1. The molecule has 1 heterocycles. The molecular weight excluding hydrogens is 290 g/mol. The molecule has 0 amide bonds. The Morgan fingerprint density at radius 2 is 1.90 bits per heavy atom. The van der Waals surface area contributed by atoms with Crippen LogP contribution in [0, 0.1) is 0 Å². The highest BCUT2D eigenvalue weighted by Crippen LogP contribution is 2.28. The van der Waals surface area contributed by atoms with E-state index in [1.165, 1.54) is 0 Å². The van der Waals surface area contributed by atoms with Crippen LogP contribution in [0.3, 0.4) is 0 Å². The number of fused-ring (bicyclic) bond motifs is 1. The highest BCUT2D eigenvalue weighted by atomic mass is 32.2. The lowest BCUT2D eigenvalue weighted by Gasteiger charge is -2.30. The average molecular weight is 307 g/mol. The van der Waals surface area contributed by atoms with Gasteiger partial charge in [0.15, 0.2) is 0 Å². The van der Waals surface area contributed by atoms with Crippen LogP contribution in [0.1, 0.15) is 6.92 Å². The van der Waals surface area contributed by atoms with E-state index >= 15 is 0 Å². The summed E-state index contributed by atoms with van der Waals surface area (Å²) in [6, 6.07) is 13.1. The molecule has 106 valence electrons. The molecule has 0 N–H and O–H groups in total. The molecule has 20 heavy (non-hydrogen) atoms. The molecule has 3 rings (SSSR count). The number of sulfonamides is 1. The summed E-state index contributed by atoms with van der Waals surface area (Å²) >= 11 is 1.83. The van der Waals surface area contributed by atoms with E-state index in [1.54, 1.807) is 10.4 Å². The van der Waals surface area contributed by atoms with Crippen molar-refractivity contribution in [1.29, 1.82) is 0 Å². The summed E-state index contributed by atoms with van der Waals surface area (Å²) in [6.45, 7) is 3.27. The molecule has 1 saturated heterocycles. The largest absolute Gasteiger partial charge is 0.243 e. The number of rotatable bonds is 2. The molecule has 2 aromatic rings. The molecule has 2 aromatic carbocycles. The van der Waals surface area contributed by atoms with E-state index < -0.39 is 10.0 Å². The Labute approximate surface area is 124 Å². The summed E-state index contributed by atoms with van der Waals surface area (Å²) in [7, 11) is -3.40.